The van der Waals surface area contributed by atoms with Crippen molar-refractivity contribution in [1.82, 2.24) is 15.6 Å². The van der Waals surface area contributed by atoms with Crippen molar-refractivity contribution < 1.29 is 5.11 Å². The van der Waals surface area contributed by atoms with Gasteiger partial charge in [-0.25, -0.2) is 0 Å². The maximum absolute atomic E-state index is 9.19. The summed E-state index contributed by atoms with van der Waals surface area (Å²) in [5, 5.41) is 17.8. The Bertz CT molecular complexity index is 692. The summed E-state index contributed by atoms with van der Waals surface area (Å²) < 4.78 is 0. The maximum atomic E-state index is 9.19. The first-order valence-electron chi connectivity index (χ1n) is 9.56. The molecule has 0 radical (unpaired) electrons. The van der Waals surface area contributed by atoms with Gasteiger partial charge >= 0.3 is 0 Å². The molecule has 1 unspecified atom stereocenters. The SMILES string of the molecule is CCCC(CCO)CN=C(NCC)NCCc1c[nH]c2ccc(Cl)cc12. The van der Waals surface area contributed by atoms with Crippen molar-refractivity contribution in [2.24, 2.45) is 10.9 Å². The van der Waals surface area contributed by atoms with Crippen LogP contribution in [0.1, 0.15) is 38.7 Å². The number of aromatic nitrogens is 1. The van der Waals surface area contributed by atoms with Gasteiger partial charge in [-0.3, -0.25) is 4.99 Å². The molecule has 1 atom stereocenters. The molecule has 1 heterocycles. The molecule has 0 fully saturated rings. The van der Waals surface area contributed by atoms with E-state index in [1.807, 2.05) is 24.4 Å². The maximum Gasteiger partial charge on any atom is 0.191 e. The number of aliphatic imine (C=N–C) groups is 1. The summed E-state index contributed by atoms with van der Waals surface area (Å²) in [5.74, 6) is 1.28. The molecule has 0 aliphatic carbocycles. The molecular weight excluding hydrogens is 348 g/mol. The van der Waals surface area contributed by atoms with Gasteiger partial charge in [-0.05, 0) is 55.9 Å². The van der Waals surface area contributed by atoms with Gasteiger partial charge in [0, 0.05) is 48.4 Å². The Kier molecular flexibility index (Phi) is 8.78. The summed E-state index contributed by atoms with van der Waals surface area (Å²) in [6.07, 6.45) is 5.96. The van der Waals surface area contributed by atoms with Crippen LogP contribution < -0.4 is 10.6 Å². The largest absolute Gasteiger partial charge is 0.396 e. The van der Waals surface area contributed by atoms with Crippen molar-refractivity contribution in [2.75, 3.05) is 26.2 Å². The molecule has 144 valence electrons. The van der Waals surface area contributed by atoms with Crippen molar-refractivity contribution in [3.05, 3.63) is 35.0 Å². The molecule has 6 heteroatoms. The third-order valence-electron chi connectivity index (χ3n) is 4.50. The Morgan fingerprint density at radius 3 is 2.85 bits per heavy atom. The number of hydrogen-bond donors (Lipinski definition) is 4. The van der Waals surface area contributed by atoms with Crippen LogP contribution in [0, 0.1) is 5.92 Å². The third-order valence-corrected chi connectivity index (χ3v) is 4.74. The predicted octanol–water partition coefficient (Wildman–Crippen LogP) is 3.72. The highest BCUT2D eigenvalue weighted by molar-refractivity contribution is 6.31. The predicted molar refractivity (Wildman–Crippen MR) is 111 cm³/mol. The van der Waals surface area contributed by atoms with Gasteiger partial charge in [0.1, 0.15) is 0 Å². The topological polar surface area (TPSA) is 72.4 Å². The summed E-state index contributed by atoms with van der Waals surface area (Å²) >= 11 is 6.12. The number of benzene rings is 1. The summed E-state index contributed by atoms with van der Waals surface area (Å²) in [7, 11) is 0. The number of nitrogens with zero attached hydrogens (tertiary/aromatic N) is 1. The molecule has 2 rings (SSSR count). The van der Waals surface area contributed by atoms with Crippen LogP contribution in [0.15, 0.2) is 29.4 Å². The second-order valence-electron chi connectivity index (χ2n) is 6.57. The fourth-order valence-corrected chi connectivity index (χ4v) is 3.33. The first-order chi connectivity index (χ1) is 12.7. The van der Waals surface area contributed by atoms with Crippen LogP contribution in [-0.4, -0.2) is 42.3 Å². The van der Waals surface area contributed by atoms with E-state index in [0.29, 0.717) is 5.92 Å². The Morgan fingerprint density at radius 2 is 2.12 bits per heavy atom. The highest BCUT2D eigenvalue weighted by atomic mass is 35.5. The van der Waals surface area contributed by atoms with E-state index in [1.165, 1.54) is 10.9 Å². The van der Waals surface area contributed by atoms with Gasteiger partial charge < -0.3 is 20.7 Å². The average molecular weight is 379 g/mol. The van der Waals surface area contributed by atoms with Gasteiger partial charge in [-0.15, -0.1) is 0 Å². The van der Waals surface area contributed by atoms with Crippen molar-refractivity contribution in [3.8, 4) is 0 Å². The van der Waals surface area contributed by atoms with E-state index in [1.54, 1.807) is 0 Å². The van der Waals surface area contributed by atoms with Crippen LogP contribution in [0.25, 0.3) is 10.9 Å². The van der Waals surface area contributed by atoms with Gasteiger partial charge in [0.05, 0.1) is 0 Å². The zero-order chi connectivity index (χ0) is 18.8. The van der Waals surface area contributed by atoms with Gasteiger partial charge in [-0.1, -0.05) is 24.9 Å². The number of H-pyrrole nitrogens is 1. The lowest BCUT2D eigenvalue weighted by Crippen LogP contribution is -2.38. The molecule has 0 spiro atoms. The van der Waals surface area contributed by atoms with E-state index in [-0.39, 0.29) is 6.61 Å². The first-order valence-corrected chi connectivity index (χ1v) is 9.94. The summed E-state index contributed by atoms with van der Waals surface area (Å²) in [5.41, 5.74) is 2.35. The zero-order valence-corrected chi connectivity index (χ0v) is 16.6. The Morgan fingerprint density at radius 1 is 1.27 bits per heavy atom. The summed E-state index contributed by atoms with van der Waals surface area (Å²) in [6, 6.07) is 5.92. The van der Waals surface area contributed by atoms with E-state index >= 15 is 0 Å². The lowest BCUT2D eigenvalue weighted by molar-refractivity contribution is 0.253. The molecule has 1 aromatic carbocycles. The highest BCUT2D eigenvalue weighted by Gasteiger charge is 2.08. The molecule has 0 amide bonds. The molecule has 5 nitrogen and oxygen atoms in total. The van der Waals surface area contributed by atoms with Gasteiger partial charge in [0.2, 0.25) is 0 Å². The molecule has 2 aromatic rings. The van der Waals surface area contributed by atoms with Crippen LogP contribution >= 0.6 is 11.6 Å². The fraction of sp³-hybridized carbons (Fsp3) is 0.550. The van der Waals surface area contributed by atoms with Crippen LogP contribution in [0.5, 0.6) is 0 Å². The molecule has 0 saturated heterocycles. The summed E-state index contributed by atoms with van der Waals surface area (Å²) in [6.45, 7) is 6.83. The molecule has 1 aromatic heterocycles. The molecule has 4 N–H and O–H groups in total. The molecule has 0 bridgehead atoms. The Balaban J connectivity index is 1.92. The smallest absolute Gasteiger partial charge is 0.191 e. The number of aliphatic hydroxyl groups is 1. The van der Waals surface area contributed by atoms with E-state index in [9.17, 15) is 5.11 Å². The van der Waals surface area contributed by atoms with Gasteiger partial charge in [0.25, 0.3) is 0 Å². The quantitative estimate of drug-likeness (QED) is 0.376. The highest BCUT2D eigenvalue weighted by Crippen LogP contribution is 2.22. The van der Waals surface area contributed by atoms with E-state index in [0.717, 1.165) is 61.8 Å². The number of guanidine groups is 1. The third kappa shape index (κ3) is 6.22. The Labute approximate surface area is 161 Å². The molecule has 0 aliphatic rings. The number of rotatable bonds is 10. The van der Waals surface area contributed by atoms with Gasteiger partial charge in [-0.2, -0.15) is 0 Å². The number of nitrogens with one attached hydrogen (secondary N) is 3. The van der Waals surface area contributed by atoms with Crippen molar-refractivity contribution >= 4 is 28.5 Å². The van der Waals surface area contributed by atoms with Crippen molar-refractivity contribution in [3.63, 3.8) is 0 Å². The molecule has 0 aliphatic heterocycles. The van der Waals surface area contributed by atoms with E-state index < -0.39 is 0 Å². The zero-order valence-electron chi connectivity index (χ0n) is 15.8. The number of hydrogen-bond acceptors (Lipinski definition) is 2. The molecule has 0 saturated carbocycles. The standard InChI is InChI=1S/C20H31ClN4O/c1-3-5-15(9-11-26)13-25-20(22-4-2)23-10-8-16-14-24-19-7-6-17(21)12-18(16)19/h6-7,12,14-15,24,26H,3-5,8-11,13H2,1-2H3,(H2,22,23,25). The Hall–Kier alpha value is -1.72. The average Bonchev–Trinajstić information content (AvgIpc) is 3.02. The minimum Gasteiger partial charge on any atom is -0.396 e. The lowest BCUT2D eigenvalue weighted by atomic mass is 10.0. The van der Waals surface area contributed by atoms with Crippen LogP contribution in [0.4, 0.5) is 0 Å². The monoisotopic (exact) mass is 378 g/mol. The second kappa shape index (κ2) is 11.1. The summed E-state index contributed by atoms with van der Waals surface area (Å²) in [4.78, 5) is 7.99. The fourth-order valence-electron chi connectivity index (χ4n) is 3.15. The minimum absolute atomic E-state index is 0.229. The van der Waals surface area contributed by atoms with E-state index in [4.69, 9.17) is 16.6 Å². The van der Waals surface area contributed by atoms with Crippen LogP contribution in [0.2, 0.25) is 5.02 Å². The van der Waals surface area contributed by atoms with Crippen molar-refractivity contribution in [1.29, 1.82) is 0 Å². The lowest BCUT2D eigenvalue weighted by Gasteiger charge is -2.15. The van der Waals surface area contributed by atoms with E-state index in [2.05, 4.69) is 29.5 Å². The van der Waals surface area contributed by atoms with Crippen LogP contribution in [0.3, 0.4) is 0 Å². The number of fused-ring (bicyclic) bond motifs is 1. The number of aromatic amines is 1. The van der Waals surface area contributed by atoms with Gasteiger partial charge in [0.15, 0.2) is 5.96 Å². The molecular formula is C20H31ClN4O. The second-order valence-corrected chi connectivity index (χ2v) is 7.00. The first kappa shape index (κ1) is 20.6. The molecule has 26 heavy (non-hydrogen) atoms. The number of aliphatic hydroxyl groups excluding tert-OH is 1. The van der Waals surface area contributed by atoms with Crippen LogP contribution in [-0.2, 0) is 6.42 Å². The number of halogens is 1. The normalized spacial score (nSPS) is 13.2. The minimum atomic E-state index is 0.229. The van der Waals surface area contributed by atoms with Crippen molar-refractivity contribution in [2.45, 2.75) is 39.5 Å².